The van der Waals surface area contributed by atoms with Crippen LogP contribution in [0, 0.1) is 13.8 Å². The van der Waals surface area contributed by atoms with Crippen LogP contribution in [-0.2, 0) is 9.59 Å². The fraction of sp³-hybridized carbons (Fsp3) is 0.185. The average molecular weight is 469 g/mol. The number of carbonyl (C=O) groups is 2. The number of fused-ring (bicyclic) bond motifs is 3. The van der Waals surface area contributed by atoms with Crippen LogP contribution < -0.4 is 5.32 Å². The van der Waals surface area contributed by atoms with Gasteiger partial charge in [-0.1, -0.05) is 66.4 Å². The van der Waals surface area contributed by atoms with Gasteiger partial charge in [-0.05, 0) is 55.7 Å². The molecule has 0 fully saturated rings. The van der Waals surface area contributed by atoms with Gasteiger partial charge in [0.2, 0.25) is 5.91 Å². The Hall–Kier alpha value is -3.71. The number of carbonyl (C=O) groups excluding carboxylic acids is 2. The number of aliphatic imine (C=N–C) groups is 2. The third kappa shape index (κ3) is 3.92. The highest BCUT2D eigenvalue weighted by Gasteiger charge is 2.42. The molecule has 1 N–H and O–H groups in total. The van der Waals surface area contributed by atoms with E-state index in [0.717, 1.165) is 33.6 Å². The molecule has 0 unspecified atom stereocenters. The van der Waals surface area contributed by atoms with Crippen LogP contribution in [0.5, 0.6) is 0 Å². The van der Waals surface area contributed by atoms with E-state index in [9.17, 15) is 9.59 Å². The number of hydrogen-bond donors (Lipinski definition) is 1. The van der Waals surface area contributed by atoms with Crippen LogP contribution >= 0.6 is 11.8 Å². The lowest BCUT2D eigenvalue weighted by Crippen LogP contribution is -2.41. The molecule has 3 aromatic rings. The van der Waals surface area contributed by atoms with Crippen molar-refractivity contribution in [3.05, 3.63) is 95.1 Å². The number of thioether (sulfide) groups is 1. The third-order valence-corrected chi connectivity index (χ3v) is 7.15. The predicted molar refractivity (Wildman–Crippen MR) is 138 cm³/mol. The molecular weight excluding hydrogens is 444 g/mol. The lowest BCUT2D eigenvalue weighted by molar-refractivity contribution is -0.124. The largest absolute Gasteiger partial charge is 0.325 e. The minimum Gasteiger partial charge on any atom is -0.325 e. The van der Waals surface area contributed by atoms with E-state index in [2.05, 4.69) is 5.32 Å². The summed E-state index contributed by atoms with van der Waals surface area (Å²) in [6.45, 7) is 5.82. The molecule has 0 radical (unpaired) electrons. The first-order chi connectivity index (χ1) is 16.4. The first-order valence-corrected chi connectivity index (χ1v) is 12.0. The fourth-order valence-electron chi connectivity index (χ4n) is 4.01. The lowest BCUT2D eigenvalue weighted by atomic mass is 10.1. The van der Waals surface area contributed by atoms with Crippen LogP contribution in [0.1, 0.15) is 35.2 Å². The van der Waals surface area contributed by atoms with E-state index in [1.807, 2.05) is 93.6 Å². The van der Waals surface area contributed by atoms with Crippen molar-refractivity contribution in [3.63, 3.8) is 0 Å². The SMILES string of the molecule is Cc1cccc(NC(=O)[C@H](C)SC2=Nc3ccccc3C3=N[C@@H](c4ccccc4)C(=O)N23)c1C. The van der Waals surface area contributed by atoms with Crippen molar-refractivity contribution >= 4 is 46.0 Å². The van der Waals surface area contributed by atoms with Crippen molar-refractivity contribution < 1.29 is 9.59 Å². The standard InChI is InChI=1S/C27H24N4O2S/c1-16-10-9-15-21(17(16)2)28-25(32)18(3)34-27-29-22-14-8-7-13-20(22)24-30-23(26(33)31(24)27)19-11-5-4-6-12-19/h4-15,18,23H,1-3H3,(H,28,32)/t18-,23-/m0/s1. The van der Waals surface area contributed by atoms with Crippen LogP contribution in [0.3, 0.4) is 0 Å². The van der Waals surface area contributed by atoms with E-state index in [-0.39, 0.29) is 11.8 Å². The van der Waals surface area contributed by atoms with Crippen LogP contribution in [-0.4, -0.2) is 33.0 Å². The number of amidine groups is 2. The average Bonchev–Trinajstić information content (AvgIpc) is 3.20. The number of hydrogen-bond acceptors (Lipinski definition) is 5. The summed E-state index contributed by atoms with van der Waals surface area (Å²) in [7, 11) is 0. The highest BCUT2D eigenvalue weighted by Crippen LogP contribution is 2.38. The zero-order valence-corrected chi connectivity index (χ0v) is 20.0. The van der Waals surface area contributed by atoms with Crippen molar-refractivity contribution in [2.75, 3.05) is 5.32 Å². The van der Waals surface area contributed by atoms with Gasteiger partial charge in [0, 0.05) is 11.3 Å². The second-order valence-corrected chi connectivity index (χ2v) is 9.66. The minimum atomic E-state index is -0.632. The highest BCUT2D eigenvalue weighted by atomic mass is 32.2. The topological polar surface area (TPSA) is 74.1 Å². The van der Waals surface area contributed by atoms with E-state index in [1.165, 1.54) is 11.8 Å². The number of aryl methyl sites for hydroxylation is 1. The lowest BCUT2D eigenvalue weighted by Gasteiger charge is -2.27. The molecule has 2 aliphatic heterocycles. The first-order valence-electron chi connectivity index (χ1n) is 11.1. The monoisotopic (exact) mass is 468 g/mol. The fourth-order valence-corrected chi connectivity index (χ4v) is 4.93. The van der Waals surface area contributed by atoms with Gasteiger partial charge in [-0.15, -0.1) is 0 Å². The molecule has 7 heteroatoms. The summed E-state index contributed by atoms with van der Waals surface area (Å²) in [5.74, 6) is 0.267. The Bertz CT molecular complexity index is 1350. The summed E-state index contributed by atoms with van der Waals surface area (Å²) in [4.78, 5) is 37.6. The third-order valence-electron chi connectivity index (χ3n) is 6.10. The maximum absolute atomic E-state index is 13.5. The molecule has 0 bridgehead atoms. The molecule has 3 aromatic carbocycles. The number of rotatable bonds is 4. The Morgan fingerprint density at radius 1 is 1.00 bits per heavy atom. The number of amides is 2. The van der Waals surface area contributed by atoms with Crippen molar-refractivity contribution in [2.45, 2.75) is 32.1 Å². The number of para-hydroxylation sites is 1. The maximum atomic E-state index is 13.5. The van der Waals surface area contributed by atoms with Crippen molar-refractivity contribution in [3.8, 4) is 0 Å². The molecule has 2 atom stereocenters. The minimum absolute atomic E-state index is 0.148. The smallest absolute Gasteiger partial charge is 0.263 e. The quantitative estimate of drug-likeness (QED) is 0.558. The van der Waals surface area contributed by atoms with Gasteiger partial charge in [0.05, 0.1) is 10.9 Å². The van der Waals surface area contributed by atoms with Crippen molar-refractivity contribution in [2.24, 2.45) is 9.98 Å². The summed E-state index contributed by atoms with van der Waals surface area (Å²) in [6.07, 6.45) is 0. The zero-order valence-electron chi connectivity index (χ0n) is 19.1. The van der Waals surface area contributed by atoms with Gasteiger partial charge in [-0.25, -0.2) is 14.9 Å². The number of benzene rings is 3. The Kier molecular flexibility index (Phi) is 5.79. The number of anilines is 1. The Balaban J connectivity index is 1.44. The Labute approximate surface area is 202 Å². The molecule has 2 aliphatic rings. The Morgan fingerprint density at radius 3 is 2.53 bits per heavy atom. The van der Waals surface area contributed by atoms with Gasteiger partial charge in [0.1, 0.15) is 5.84 Å². The maximum Gasteiger partial charge on any atom is 0.263 e. The van der Waals surface area contributed by atoms with E-state index < -0.39 is 11.3 Å². The van der Waals surface area contributed by atoms with Gasteiger partial charge in [-0.2, -0.15) is 0 Å². The van der Waals surface area contributed by atoms with Crippen molar-refractivity contribution in [1.29, 1.82) is 0 Å². The summed E-state index contributed by atoms with van der Waals surface area (Å²) >= 11 is 1.26. The van der Waals surface area contributed by atoms with E-state index in [1.54, 1.807) is 4.90 Å². The van der Waals surface area contributed by atoms with Gasteiger partial charge < -0.3 is 5.32 Å². The summed E-state index contributed by atoms with van der Waals surface area (Å²) in [5.41, 5.74) is 5.32. The first kappa shape index (κ1) is 22.1. The molecule has 2 heterocycles. The van der Waals surface area contributed by atoms with E-state index in [0.29, 0.717) is 11.0 Å². The van der Waals surface area contributed by atoms with E-state index in [4.69, 9.17) is 9.98 Å². The molecule has 0 saturated heterocycles. The summed E-state index contributed by atoms with van der Waals surface area (Å²) in [6, 6.07) is 22.4. The molecule has 0 spiro atoms. The van der Waals surface area contributed by atoms with Crippen LogP contribution in [0.4, 0.5) is 11.4 Å². The molecule has 0 saturated carbocycles. The van der Waals surface area contributed by atoms with Crippen molar-refractivity contribution in [1.82, 2.24) is 4.90 Å². The summed E-state index contributed by atoms with van der Waals surface area (Å²) in [5, 5.41) is 3.00. The predicted octanol–water partition coefficient (Wildman–Crippen LogP) is 5.40. The van der Waals surface area contributed by atoms with Gasteiger partial charge >= 0.3 is 0 Å². The molecule has 5 rings (SSSR count). The molecular formula is C27H24N4O2S. The molecule has 0 aliphatic carbocycles. The molecule has 2 amide bonds. The van der Waals surface area contributed by atoms with Gasteiger partial charge in [-0.3, -0.25) is 9.59 Å². The molecule has 0 aromatic heterocycles. The normalized spacial score (nSPS) is 17.4. The molecule has 34 heavy (non-hydrogen) atoms. The Morgan fingerprint density at radius 2 is 1.74 bits per heavy atom. The number of nitrogens with one attached hydrogen (secondary N) is 1. The van der Waals surface area contributed by atoms with E-state index >= 15 is 0 Å². The van der Waals surface area contributed by atoms with Gasteiger partial charge in [0.15, 0.2) is 11.2 Å². The molecule has 170 valence electrons. The second-order valence-electron chi connectivity index (χ2n) is 8.35. The highest BCUT2D eigenvalue weighted by molar-refractivity contribution is 8.15. The van der Waals surface area contributed by atoms with Crippen LogP contribution in [0.2, 0.25) is 0 Å². The summed E-state index contributed by atoms with van der Waals surface area (Å²) < 4.78 is 0. The zero-order chi connectivity index (χ0) is 23.8. The van der Waals surface area contributed by atoms with Crippen LogP contribution in [0.25, 0.3) is 0 Å². The second kappa shape index (κ2) is 8.91. The van der Waals surface area contributed by atoms with Crippen LogP contribution in [0.15, 0.2) is 82.8 Å². The number of nitrogens with zero attached hydrogens (tertiary/aromatic N) is 3. The molecule has 6 nitrogen and oxygen atoms in total. The van der Waals surface area contributed by atoms with Gasteiger partial charge in [0.25, 0.3) is 5.91 Å².